The molecule has 1 rings (SSSR count). The summed E-state index contributed by atoms with van der Waals surface area (Å²) in [6, 6.07) is 3.86. The zero-order chi connectivity index (χ0) is 14.5. The molecule has 1 aromatic carbocycles. The Morgan fingerprint density at radius 2 is 1.95 bits per heavy atom. The number of methoxy groups -OCH3 is 1. The van der Waals surface area contributed by atoms with Crippen LogP contribution in [-0.4, -0.2) is 25.6 Å². The molecule has 0 unspecified atom stereocenters. The van der Waals surface area contributed by atoms with Gasteiger partial charge in [0.2, 0.25) is 5.96 Å². The molecule has 4 N–H and O–H groups in total. The fraction of sp³-hybridized carbons (Fsp3) is 0.200. The average Bonchev–Trinajstić information content (AvgIpc) is 2.26. The predicted octanol–water partition coefficient (Wildman–Crippen LogP) is 1.20. The van der Waals surface area contributed by atoms with Crippen LogP contribution in [0.1, 0.15) is 5.56 Å². The first-order valence-electron chi connectivity index (χ1n) is 4.87. The lowest BCUT2D eigenvalue weighted by Crippen LogP contribution is -2.21. The van der Waals surface area contributed by atoms with Gasteiger partial charge < -0.3 is 20.9 Å². The normalized spacial score (nSPS) is 11.4. The summed E-state index contributed by atoms with van der Waals surface area (Å²) >= 11 is 0. The van der Waals surface area contributed by atoms with Gasteiger partial charge in [-0.25, -0.2) is 0 Å². The van der Waals surface area contributed by atoms with E-state index in [9.17, 15) is 13.2 Å². The van der Waals surface area contributed by atoms with Crippen molar-refractivity contribution in [3.05, 3.63) is 23.8 Å². The number of benzene rings is 1. The first-order chi connectivity index (χ1) is 8.81. The van der Waals surface area contributed by atoms with Crippen LogP contribution < -0.4 is 20.9 Å². The number of guanidine groups is 1. The van der Waals surface area contributed by atoms with Crippen LogP contribution in [-0.2, 0) is 0 Å². The maximum Gasteiger partial charge on any atom is 0.573 e. The molecular formula is C10H11F3N4O2. The van der Waals surface area contributed by atoms with Gasteiger partial charge in [-0.05, 0) is 23.8 Å². The number of ether oxygens (including phenoxy) is 2. The molecule has 6 nitrogen and oxygen atoms in total. The lowest BCUT2D eigenvalue weighted by atomic mass is 10.2. The van der Waals surface area contributed by atoms with Gasteiger partial charge in [-0.3, -0.25) is 0 Å². The smallest absolute Gasteiger partial charge is 0.493 e. The van der Waals surface area contributed by atoms with E-state index < -0.39 is 12.1 Å². The van der Waals surface area contributed by atoms with E-state index in [4.69, 9.17) is 16.2 Å². The van der Waals surface area contributed by atoms with Crippen LogP contribution >= 0.6 is 0 Å². The zero-order valence-electron chi connectivity index (χ0n) is 9.81. The maximum atomic E-state index is 12.2. The van der Waals surface area contributed by atoms with Crippen LogP contribution in [0.4, 0.5) is 13.2 Å². The summed E-state index contributed by atoms with van der Waals surface area (Å²) in [4.78, 5) is 0. The number of rotatable bonds is 4. The molecule has 0 bridgehead atoms. The third kappa shape index (κ3) is 5.15. The van der Waals surface area contributed by atoms with Crippen LogP contribution in [0, 0.1) is 0 Å². The summed E-state index contributed by atoms with van der Waals surface area (Å²) in [5, 5.41) is 6.78. The highest BCUT2D eigenvalue weighted by atomic mass is 19.4. The number of nitrogens with zero attached hydrogens (tertiary/aromatic N) is 2. The van der Waals surface area contributed by atoms with Gasteiger partial charge in [0.25, 0.3) is 0 Å². The van der Waals surface area contributed by atoms with Gasteiger partial charge in [0.05, 0.1) is 13.3 Å². The van der Waals surface area contributed by atoms with Crippen molar-refractivity contribution in [3.8, 4) is 11.5 Å². The van der Waals surface area contributed by atoms with Crippen LogP contribution in [0.2, 0.25) is 0 Å². The van der Waals surface area contributed by atoms with Gasteiger partial charge in [-0.2, -0.15) is 5.10 Å². The maximum absolute atomic E-state index is 12.2. The van der Waals surface area contributed by atoms with Crippen LogP contribution in [0.25, 0.3) is 0 Å². The molecule has 0 aliphatic heterocycles. The van der Waals surface area contributed by atoms with Crippen LogP contribution in [0.15, 0.2) is 28.4 Å². The fourth-order valence-corrected chi connectivity index (χ4v) is 1.14. The van der Waals surface area contributed by atoms with Gasteiger partial charge in [0, 0.05) is 0 Å². The molecule has 19 heavy (non-hydrogen) atoms. The second-order valence-electron chi connectivity index (χ2n) is 3.23. The van der Waals surface area contributed by atoms with E-state index in [0.717, 1.165) is 6.07 Å². The Balaban J connectivity index is 3.01. The van der Waals surface area contributed by atoms with E-state index in [1.165, 1.54) is 25.5 Å². The molecule has 104 valence electrons. The third-order valence-electron chi connectivity index (χ3n) is 1.79. The predicted molar refractivity (Wildman–Crippen MR) is 63.1 cm³/mol. The molecule has 0 spiro atoms. The van der Waals surface area contributed by atoms with Crippen molar-refractivity contribution < 1.29 is 22.6 Å². The minimum atomic E-state index is -4.82. The van der Waals surface area contributed by atoms with Gasteiger partial charge in [0.15, 0.2) is 11.5 Å². The van der Waals surface area contributed by atoms with Crippen LogP contribution in [0.5, 0.6) is 11.5 Å². The quantitative estimate of drug-likeness (QED) is 0.490. The Labute approximate surface area is 106 Å². The second-order valence-corrected chi connectivity index (χ2v) is 3.23. The van der Waals surface area contributed by atoms with Gasteiger partial charge in [0.1, 0.15) is 0 Å². The summed E-state index contributed by atoms with van der Waals surface area (Å²) in [5.41, 5.74) is 10.4. The van der Waals surface area contributed by atoms with E-state index in [0.29, 0.717) is 5.56 Å². The summed E-state index contributed by atoms with van der Waals surface area (Å²) in [7, 11) is 1.23. The van der Waals surface area contributed by atoms with E-state index >= 15 is 0 Å². The summed E-state index contributed by atoms with van der Waals surface area (Å²) < 4.78 is 45.1. The van der Waals surface area contributed by atoms with E-state index in [1.807, 2.05) is 0 Å². The second kappa shape index (κ2) is 5.94. The lowest BCUT2D eigenvalue weighted by molar-refractivity contribution is -0.275. The Morgan fingerprint density at radius 3 is 2.47 bits per heavy atom. The minimum Gasteiger partial charge on any atom is -0.493 e. The molecule has 0 heterocycles. The molecular weight excluding hydrogens is 265 g/mol. The first-order valence-corrected chi connectivity index (χ1v) is 4.87. The number of hydrogen-bond donors (Lipinski definition) is 2. The molecule has 0 atom stereocenters. The van der Waals surface area contributed by atoms with Crippen molar-refractivity contribution >= 4 is 12.2 Å². The Morgan fingerprint density at radius 1 is 1.26 bits per heavy atom. The Kier molecular flexibility index (Phi) is 4.56. The summed E-state index contributed by atoms with van der Waals surface area (Å²) in [6.07, 6.45) is -3.65. The molecule has 9 heteroatoms. The number of halogens is 3. The third-order valence-corrected chi connectivity index (χ3v) is 1.79. The van der Waals surface area contributed by atoms with Crippen molar-refractivity contribution in [2.24, 2.45) is 21.7 Å². The summed E-state index contributed by atoms with van der Waals surface area (Å²) in [5.74, 6) is -0.809. The SMILES string of the molecule is COc1ccc(C=NN=C(N)N)cc1OC(F)(F)F. The highest BCUT2D eigenvalue weighted by Gasteiger charge is 2.32. The molecule has 0 saturated heterocycles. The number of nitrogens with two attached hydrogens (primary N) is 2. The Hall–Kier alpha value is -2.45. The van der Waals surface area contributed by atoms with E-state index in [1.54, 1.807) is 0 Å². The van der Waals surface area contributed by atoms with E-state index in [2.05, 4.69) is 14.9 Å². The van der Waals surface area contributed by atoms with Crippen molar-refractivity contribution in [1.29, 1.82) is 0 Å². The Bertz CT molecular complexity index is 496. The molecule has 0 radical (unpaired) electrons. The highest BCUT2D eigenvalue weighted by molar-refractivity contribution is 5.82. The fourth-order valence-electron chi connectivity index (χ4n) is 1.14. The topological polar surface area (TPSA) is 95.2 Å². The van der Waals surface area contributed by atoms with Gasteiger partial charge in [-0.1, -0.05) is 0 Å². The highest BCUT2D eigenvalue weighted by Crippen LogP contribution is 2.32. The molecule has 0 aliphatic rings. The molecule has 0 fully saturated rings. The number of hydrogen-bond acceptors (Lipinski definition) is 4. The van der Waals surface area contributed by atoms with Crippen LogP contribution in [0.3, 0.4) is 0 Å². The average molecular weight is 276 g/mol. The molecule has 0 aromatic heterocycles. The lowest BCUT2D eigenvalue weighted by Gasteiger charge is -2.12. The minimum absolute atomic E-state index is 0.0590. The molecule has 0 aliphatic carbocycles. The van der Waals surface area contributed by atoms with E-state index in [-0.39, 0.29) is 11.7 Å². The molecule has 0 amide bonds. The van der Waals surface area contributed by atoms with Crippen molar-refractivity contribution in [2.75, 3.05) is 7.11 Å². The van der Waals surface area contributed by atoms with Gasteiger partial charge >= 0.3 is 6.36 Å². The first kappa shape index (κ1) is 14.6. The van der Waals surface area contributed by atoms with Crippen molar-refractivity contribution in [3.63, 3.8) is 0 Å². The van der Waals surface area contributed by atoms with Gasteiger partial charge in [-0.15, -0.1) is 18.3 Å². The largest absolute Gasteiger partial charge is 0.573 e. The standard InChI is InChI=1S/C10H11F3N4O2/c1-18-7-3-2-6(5-16-17-9(14)15)4-8(7)19-10(11,12)13/h2-5H,1H3,(H4,14,15,17). The zero-order valence-corrected chi connectivity index (χ0v) is 9.81. The monoisotopic (exact) mass is 276 g/mol. The number of alkyl halides is 3. The van der Waals surface area contributed by atoms with Crippen molar-refractivity contribution in [2.45, 2.75) is 6.36 Å². The summed E-state index contributed by atoms with van der Waals surface area (Å²) in [6.45, 7) is 0. The van der Waals surface area contributed by atoms with Crippen molar-refractivity contribution in [1.82, 2.24) is 0 Å². The molecule has 1 aromatic rings. The molecule has 0 saturated carbocycles.